The lowest BCUT2D eigenvalue weighted by Crippen LogP contribution is -1.82. The summed E-state index contributed by atoms with van der Waals surface area (Å²) >= 11 is 0. The van der Waals surface area contributed by atoms with Crippen LogP contribution in [0.4, 0.5) is 5.69 Å². The Labute approximate surface area is 82.8 Å². The summed E-state index contributed by atoms with van der Waals surface area (Å²) in [6.45, 7) is 0. The highest BCUT2D eigenvalue weighted by Gasteiger charge is 1.97. The van der Waals surface area contributed by atoms with E-state index < -0.39 is 0 Å². The first-order chi connectivity index (χ1) is 5.86. The van der Waals surface area contributed by atoms with E-state index in [9.17, 15) is 0 Å². The number of rotatable bonds is 1. The van der Waals surface area contributed by atoms with Gasteiger partial charge in [-0.1, -0.05) is 0 Å². The maximum atomic E-state index is 5.55. The summed E-state index contributed by atoms with van der Waals surface area (Å²) in [7, 11) is 0. The molecular weight excluding hydrogens is 186 g/mol. The second kappa shape index (κ2) is 4.01. The molecule has 3 heteroatoms. The van der Waals surface area contributed by atoms with Gasteiger partial charge in [0.25, 0.3) is 0 Å². The fourth-order valence-electron chi connectivity index (χ4n) is 1.09. The molecule has 1 heterocycles. The minimum absolute atomic E-state index is 0. The number of hydrogen-bond acceptors (Lipinski definition) is 2. The molecule has 1 aromatic carbocycles. The Morgan fingerprint density at radius 3 is 2.23 bits per heavy atom. The van der Waals surface area contributed by atoms with E-state index in [1.807, 2.05) is 36.4 Å². The van der Waals surface area contributed by atoms with E-state index in [1.165, 1.54) is 0 Å². The second-order valence-corrected chi connectivity index (χ2v) is 2.60. The minimum Gasteiger partial charge on any atom is -0.464 e. The lowest BCUT2D eigenvalue weighted by atomic mass is 10.1. The summed E-state index contributed by atoms with van der Waals surface area (Å²) in [5, 5.41) is 0. The Hall–Kier alpha value is -1.41. The molecule has 0 unspecified atom stereocenters. The van der Waals surface area contributed by atoms with Gasteiger partial charge >= 0.3 is 0 Å². The zero-order chi connectivity index (χ0) is 8.39. The molecule has 68 valence electrons. The zero-order valence-electron chi connectivity index (χ0n) is 6.94. The van der Waals surface area contributed by atoms with E-state index in [2.05, 4.69) is 0 Å². The standard InChI is InChI=1S/C10H9NO.ClH/c11-9-5-3-8(4-6-9)10-2-1-7-12-10;/h1-7H,11H2;1H. The summed E-state index contributed by atoms with van der Waals surface area (Å²) in [5.41, 5.74) is 7.37. The van der Waals surface area contributed by atoms with Gasteiger partial charge in [0.1, 0.15) is 5.76 Å². The fraction of sp³-hybridized carbons (Fsp3) is 0. The van der Waals surface area contributed by atoms with Crippen LogP contribution >= 0.6 is 12.4 Å². The molecule has 0 saturated heterocycles. The molecule has 2 rings (SSSR count). The topological polar surface area (TPSA) is 39.2 Å². The van der Waals surface area contributed by atoms with Crippen LogP contribution in [0, 0.1) is 0 Å². The first-order valence-electron chi connectivity index (χ1n) is 3.76. The van der Waals surface area contributed by atoms with E-state index >= 15 is 0 Å². The molecule has 0 fully saturated rings. The van der Waals surface area contributed by atoms with E-state index in [1.54, 1.807) is 6.26 Å². The van der Waals surface area contributed by atoms with Crippen LogP contribution in [0.2, 0.25) is 0 Å². The number of furan rings is 1. The van der Waals surface area contributed by atoms with Crippen molar-refractivity contribution in [3.63, 3.8) is 0 Å². The van der Waals surface area contributed by atoms with Gasteiger partial charge in [-0.15, -0.1) is 12.4 Å². The minimum atomic E-state index is 0. The maximum Gasteiger partial charge on any atom is 0.133 e. The van der Waals surface area contributed by atoms with Crippen molar-refractivity contribution in [1.82, 2.24) is 0 Å². The molecule has 1 aromatic heterocycles. The molecule has 13 heavy (non-hydrogen) atoms. The monoisotopic (exact) mass is 195 g/mol. The number of hydrogen-bond donors (Lipinski definition) is 1. The summed E-state index contributed by atoms with van der Waals surface area (Å²) in [4.78, 5) is 0. The second-order valence-electron chi connectivity index (χ2n) is 2.60. The normalized spacial score (nSPS) is 9.23. The Balaban J connectivity index is 0.000000845. The van der Waals surface area contributed by atoms with Crippen molar-refractivity contribution in [2.75, 3.05) is 5.73 Å². The molecule has 0 bridgehead atoms. The van der Waals surface area contributed by atoms with Crippen LogP contribution in [0.25, 0.3) is 11.3 Å². The zero-order valence-corrected chi connectivity index (χ0v) is 7.75. The van der Waals surface area contributed by atoms with Crippen molar-refractivity contribution in [1.29, 1.82) is 0 Å². The van der Waals surface area contributed by atoms with Gasteiger partial charge in [-0.2, -0.15) is 0 Å². The van der Waals surface area contributed by atoms with Crippen LogP contribution in [0.1, 0.15) is 0 Å². The third-order valence-corrected chi connectivity index (χ3v) is 1.72. The smallest absolute Gasteiger partial charge is 0.133 e. The molecule has 2 N–H and O–H groups in total. The average Bonchev–Trinajstić information content (AvgIpc) is 2.58. The van der Waals surface area contributed by atoms with E-state index in [0.29, 0.717) is 0 Å². The molecule has 0 spiro atoms. The number of nitrogens with two attached hydrogens (primary N) is 1. The predicted octanol–water partition coefficient (Wildman–Crippen LogP) is 2.95. The van der Waals surface area contributed by atoms with Crippen molar-refractivity contribution < 1.29 is 4.42 Å². The van der Waals surface area contributed by atoms with Crippen LogP contribution in [0.3, 0.4) is 0 Å². The Morgan fingerprint density at radius 1 is 1.00 bits per heavy atom. The van der Waals surface area contributed by atoms with Gasteiger partial charge in [0.05, 0.1) is 6.26 Å². The maximum absolute atomic E-state index is 5.55. The van der Waals surface area contributed by atoms with Gasteiger partial charge in [0, 0.05) is 11.3 Å². The molecule has 0 radical (unpaired) electrons. The van der Waals surface area contributed by atoms with E-state index in [0.717, 1.165) is 17.0 Å². The quantitative estimate of drug-likeness (QED) is 0.711. The van der Waals surface area contributed by atoms with Gasteiger partial charge in [0.2, 0.25) is 0 Å². The molecule has 0 aliphatic carbocycles. The van der Waals surface area contributed by atoms with Gasteiger partial charge < -0.3 is 10.2 Å². The van der Waals surface area contributed by atoms with Gasteiger partial charge in [-0.3, -0.25) is 0 Å². The van der Waals surface area contributed by atoms with Crippen molar-refractivity contribution in [2.45, 2.75) is 0 Å². The highest BCUT2D eigenvalue weighted by atomic mass is 35.5. The van der Waals surface area contributed by atoms with Gasteiger partial charge in [-0.25, -0.2) is 0 Å². The lowest BCUT2D eigenvalue weighted by molar-refractivity contribution is 0.582. The number of nitrogen functional groups attached to an aromatic ring is 1. The van der Waals surface area contributed by atoms with E-state index in [-0.39, 0.29) is 12.4 Å². The first-order valence-corrected chi connectivity index (χ1v) is 3.76. The summed E-state index contributed by atoms with van der Waals surface area (Å²) in [6.07, 6.45) is 1.66. The molecule has 0 saturated carbocycles. The highest BCUT2D eigenvalue weighted by Crippen LogP contribution is 2.20. The highest BCUT2D eigenvalue weighted by molar-refractivity contribution is 5.85. The number of benzene rings is 1. The summed E-state index contributed by atoms with van der Waals surface area (Å²) in [6, 6.07) is 11.4. The van der Waals surface area contributed by atoms with Crippen LogP contribution in [-0.4, -0.2) is 0 Å². The van der Waals surface area contributed by atoms with Crippen LogP contribution in [0.15, 0.2) is 47.1 Å². The van der Waals surface area contributed by atoms with Crippen molar-refractivity contribution in [3.8, 4) is 11.3 Å². The summed E-state index contributed by atoms with van der Waals surface area (Å²) < 4.78 is 5.22. The Bertz CT molecular complexity index is 353. The van der Waals surface area contributed by atoms with Crippen LogP contribution < -0.4 is 5.73 Å². The molecule has 0 amide bonds. The predicted molar refractivity (Wildman–Crippen MR) is 55.8 cm³/mol. The van der Waals surface area contributed by atoms with Crippen molar-refractivity contribution >= 4 is 18.1 Å². The Morgan fingerprint density at radius 2 is 1.69 bits per heavy atom. The van der Waals surface area contributed by atoms with E-state index in [4.69, 9.17) is 10.2 Å². The number of halogens is 1. The molecule has 0 aliphatic heterocycles. The van der Waals surface area contributed by atoms with Crippen molar-refractivity contribution in [2.24, 2.45) is 0 Å². The molecule has 2 aromatic rings. The van der Waals surface area contributed by atoms with Crippen LogP contribution in [-0.2, 0) is 0 Å². The third kappa shape index (κ3) is 2.04. The number of anilines is 1. The molecule has 0 atom stereocenters. The summed E-state index contributed by atoms with van der Waals surface area (Å²) in [5.74, 6) is 0.870. The Kier molecular flexibility index (Phi) is 2.98. The molecule has 0 aliphatic rings. The van der Waals surface area contributed by atoms with Crippen LogP contribution in [0.5, 0.6) is 0 Å². The third-order valence-electron chi connectivity index (χ3n) is 1.72. The lowest BCUT2D eigenvalue weighted by Gasteiger charge is -1.96. The average molecular weight is 196 g/mol. The van der Waals surface area contributed by atoms with Gasteiger partial charge in [0.15, 0.2) is 0 Å². The molecular formula is C10H10ClNO. The SMILES string of the molecule is Cl.Nc1ccc(-c2ccco2)cc1. The van der Waals surface area contributed by atoms with Gasteiger partial charge in [-0.05, 0) is 36.4 Å². The fourth-order valence-corrected chi connectivity index (χ4v) is 1.09. The molecule has 2 nitrogen and oxygen atoms in total. The first kappa shape index (κ1) is 9.68. The van der Waals surface area contributed by atoms with Crippen molar-refractivity contribution in [3.05, 3.63) is 42.7 Å². The largest absolute Gasteiger partial charge is 0.464 e.